The van der Waals surface area contributed by atoms with Crippen LogP contribution in [0.4, 0.5) is 29.3 Å². The summed E-state index contributed by atoms with van der Waals surface area (Å²) < 4.78 is 49.2. The van der Waals surface area contributed by atoms with E-state index < -0.39 is 23.7 Å². The third kappa shape index (κ3) is 5.97. The summed E-state index contributed by atoms with van der Waals surface area (Å²) in [5, 5.41) is 5.01. The molecular formula is C25H20F3N3O4. The highest BCUT2D eigenvalue weighted by atomic mass is 19.4. The fourth-order valence-electron chi connectivity index (χ4n) is 3.52. The van der Waals surface area contributed by atoms with Crippen molar-refractivity contribution >= 4 is 29.1 Å². The summed E-state index contributed by atoms with van der Waals surface area (Å²) in [6.45, 7) is 1.35. The van der Waals surface area contributed by atoms with E-state index >= 15 is 0 Å². The lowest BCUT2D eigenvalue weighted by molar-refractivity contribution is -0.137. The summed E-state index contributed by atoms with van der Waals surface area (Å²) in [7, 11) is 0. The molecule has 1 aliphatic rings. The molecule has 1 aromatic heterocycles. The van der Waals surface area contributed by atoms with Gasteiger partial charge >= 0.3 is 18.2 Å². The predicted molar refractivity (Wildman–Crippen MR) is 123 cm³/mol. The molecule has 3 aromatic rings. The quantitative estimate of drug-likeness (QED) is 0.411. The Balaban J connectivity index is 1.39. The number of fused-ring (bicyclic) bond motifs is 1. The Morgan fingerprint density at radius 3 is 2.34 bits per heavy atom. The monoisotopic (exact) mass is 483 g/mol. The Morgan fingerprint density at radius 2 is 1.69 bits per heavy atom. The molecule has 0 saturated carbocycles. The highest BCUT2D eigenvalue weighted by Crippen LogP contribution is 2.35. The van der Waals surface area contributed by atoms with E-state index in [-0.39, 0.29) is 11.6 Å². The van der Waals surface area contributed by atoms with Crippen molar-refractivity contribution < 1.29 is 32.2 Å². The smallest absolute Gasteiger partial charge is 0.416 e. The molecule has 0 bridgehead atoms. The fourth-order valence-corrected chi connectivity index (χ4v) is 3.52. The maximum Gasteiger partial charge on any atom is 0.416 e. The van der Waals surface area contributed by atoms with E-state index in [1.165, 1.54) is 25.3 Å². The van der Waals surface area contributed by atoms with E-state index in [1.807, 2.05) is 12.1 Å². The molecule has 7 nitrogen and oxygen atoms in total. The van der Waals surface area contributed by atoms with E-state index in [9.17, 15) is 22.8 Å². The molecule has 0 unspecified atom stereocenters. The van der Waals surface area contributed by atoms with E-state index in [2.05, 4.69) is 15.6 Å². The van der Waals surface area contributed by atoms with Crippen molar-refractivity contribution in [1.82, 2.24) is 4.98 Å². The standard InChI is InChI=1S/C25H20F3N3O4/c1-15(32)34-21-6-2-5-20-19(21)4-3-7-22(20)35-23-13-12-18(14-29-23)31-24(33)30-17-10-8-16(9-11-17)25(26,27)28/h3-4,6-14H,2,5H2,1H3,(H2,30,31,33). The van der Waals surface area contributed by atoms with Gasteiger partial charge < -0.3 is 20.1 Å². The molecule has 0 saturated heterocycles. The molecular weight excluding hydrogens is 463 g/mol. The molecule has 0 spiro atoms. The summed E-state index contributed by atoms with van der Waals surface area (Å²) in [5.74, 6) is 0.961. The molecule has 1 aliphatic carbocycles. The minimum Gasteiger partial charge on any atom is -0.439 e. The molecule has 0 atom stereocenters. The first kappa shape index (κ1) is 23.8. The molecule has 1 heterocycles. The van der Waals surface area contributed by atoms with Crippen molar-refractivity contribution in [3.05, 3.63) is 83.6 Å². The van der Waals surface area contributed by atoms with Gasteiger partial charge in [0.1, 0.15) is 11.5 Å². The Kier molecular flexibility index (Phi) is 6.72. The number of rotatable bonds is 5. The number of allylic oxidation sites excluding steroid dienone is 1. The third-order valence-electron chi connectivity index (χ3n) is 5.06. The Hall–Kier alpha value is -4.34. The number of nitrogens with zero attached hydrogens (tertiary/aromatic N) is 1. The molecule has 0 fully saturated rings. The molecule has 35 heavy (non-hydrogen) atoms. The summed E-state index contributed by atoms with van der Waals surface area (Å²) in [4.78, 5) is 27.7. The molecule has 2 N–H and O–H groups in total. The minimum atomic E-state index is -4.45. The first-order valence-electron chi connectivity index (χ1n) is 10.6. The summed E-state index contributed by atoms with van der Waals surface area (Å²) >= 11 is 0. The molecule has 2 aromatic carbocycles. The van der Waals surface area contributed by atoms with Crippen LogP contribution in [0.2, 0.25) is 0 Å². The topological polar surface area (TPSA) is 89.5 Å². The number of hydrogen-bond acceptors (Lipinski definition) is 5. The number of nitrogens with one attached hydrogen (secondary N) is 2. The highest BCUT2D eigenvalue weighted by Gasteiger charge is 2.30. The third-order valence-corrected chi connectivity index (χ3v) is 5.06. The van der Waals surface area contributed by atoms with Crippen LogP contribution in [0, 0.1) is 0 Å². The average molecular weight is 483 g/mol. The molecule has 0 aliphatic heterocycles. The zero-order chi connectivity index (χ0) is 25.0. The number of anilines is 2. The number of esters is 1. The number of alkyl halides is 3. The van der Waals surface area contributed by atoms with Crippen molar-refractivity contribution in [2.24, 2.45) is 0 Å². The van der Waals surface area contributed by atoms with Gasteiger partial charge in [0.15, 0.2) is 0 Å². The van der Waals surface area contributed by atoms with Gasteiger partial charge in [-0.05, 0) is 55.3 Å². The van der Waals surface area contributed by atoms with Crippen LogP contribution in [0.25, 0.3) is 5.76 Å². The number of amides is 2. The van der Waals surface area contributed by atoms with Crippen molar-refractivity contribution in [2.45, 2.75) is 25.9 Å². The van der Waals surface area contributed by atoms with Crippen LogP contribution >= 0.6 is 0 Å². The van der Waals surface area contributed by atoms with Crippen LogP contribution in [0.1, 0.15) is 30.0 Å². The number of halogens is 3. The van der Waals surface area contributed by atoms with Gasteiger partial charge in [-0.3, -0.25) is 4.79 Å². The summed E-state index contributed by atoms with van der Waals surface area (Å²) in [6, 6.07) is 12.0. The first-order chi connectivity index (χ1) is 16.7. The Bertz CT molecular complexity index is 1270. The lowest BCUT2D eigenvalue weighted by atomic mass is 9.95. The number of carbonyl (C=O) groups is 2. The lowest BCUT2D eigenvalue weighted by Crippen LogP contribution is -2.19. The van der Waals surface area contributed by atoms with Gasteiger partial charge in [0.2, 0.25) is 5.88 Å². The second-order valence-corrected chi connectivity index (χ2v) is 7.62. The van der Waals surface area contributed by atoms with Gasteiger partial charge in [-0.25, -0.2) is 9.78 Å². The Labute approximate surface area is 198 Å². The minimum absolute atomic E-state index is 0.208. The van der Waals surface area contributed by atoms with Crippen LogP contribution in [0.5, 0.6) is 11.6 Å². The van der Waals surface area contributed by atoms with Gasteiger partial charge in [-0.2, -0.15) is 13.2 Å². The van der Waals surface area contributed by atoms with E-state index in [0.717, 1.165) is 23.3 Å². The zero-order valence-corrected chi connectivity index (χ0v) is 18.5. The van der Waals surface area contributed by atoms with Crippen LogP contribution in [0.15, 0.2) is 66.9 Å². The van der Waals surface area contributed by atoms with Crippen LogP contribution < -0.4 is 15.4 Å². The second-order valence-electron chi connectivity index (χ2n) is 7.62. The number of ether oxygens (including phenoxy) is 2. The van der Waals surface area contributed by atoms with Crippen molar-refractivity contribution in [3.8, 4) is 11.6 Å². The van der Waals surface area contributed by atoms with E-state index in [0.29, 0.717) is 30.0 Å². The van der Waals surface area contributed by atoms with E-state index in [1.54, 1.807) is 24.3 Å². The van der Waals surface area contributed by atoms with Crippen LogP contribution in [-0.2, 0) is 22.1 Å². The number of urea groups is 1. The van der Waals surface area contributed by atoms with Gasteiger partial charge in [-0.1, -0.05) is 12.1 Å². The lowest BCUT2D eigenvalue weighted by Gasteiger charge is -2.19. The largest absolute Gasteiger partial charge is 0.439 e. The number of carbonyl (C=O) groups excluding carboxylic acids is 2. The van der Waals surface area contributed by atoms with Gasteiger partial charge in [0.25, 0.3) is 0 Å². The van der Waals surface area contributed by atoms with E-state index in [4.69, 9.17) is 9.47 Å². The first-order valence-corrected chi connectivity index (χ1v) is 10.6. The summed E-state index contributed by atoms with van der Waals surface area (Å²) in [5.41, 5.74) is 1.44. The number of pyridine rings is 1. The highest BCUT2D eigenvalue weighted by molar-refractivity contribution is 5.99. The van der Waals surface area contributed by atoms with Crippen LogP contribution in [-0.4, -0.2) is 17.0 Å². The molecule has 2 amide bonds. The molecule has 180 valence electrons. The van der Waals surface area contributed by atoms with Crippen LogP contribution in [0.3, 0.4) is 0 Å². The van der Waals surface area contributed by atoms with Crippen molar-refractivity contribution in [3.63, 3.8) is 0 Å². The number of hydrogen-bond donors (Lipinski definition) is 2. The number of aromatic nitrogens is 1. The zero-order valence-electron chi connectivity index (χ0n) is 18.5. The van der Waals surface area contributed by atoms with Gasteiger partial charge in [0, 0.05) is 29.8 Å². The second kappa shape index (κ2) is 9.88. The maximum absolute atomic E-state index is 12.6. The molecule has 4 rings (SSSR count). The SMILES string of the molecule is CC(=O)OC1=CCCc2c(Oc3ccc(NC(=O)Nc4ccc(C(F)(F)F)cc4)cn3)cccc21. The number of benzene rings is 2. The molecule has 10 heteroatoms. The van der Waals surface area contributed by atoms with Gasteiger partial charge in [-0.15, -0.1) is 0 Å². The average Bonchev–Trinajstić information content (AvgIpc) is 2.80. The normalized spacial score (nSPS) is 12.7. The maximum atomic E-state index is 12.6. The summed E-state index contributed by atoms with van der Waals surface area (Å²) in [6.07, 6.45) is 0.209. The van der Waals surface area contributed by atoms with Crippen molar-refractivity contribution in [1.29, 1.82) is 0 Å². The van der Waals surface area contributed by atoms with Crippen molar-refractivity contribution in [2.75, 3.05) is 10.6 Å². The van der Waals surface area contributed by atoms with Gasteiger partial charge in [0.05, 0.1) is 17.4 Å². The predicted octanol–water partition coefficient (Wildman–Crippen LogP) is 6.39. The molecule has 0 radical (unpaired) electrons. The fraction of sp³-hybridized carbons (Fsp3) is 0.160. The Morgan fingerprint density at radius 1 is 0.971 bits per heavy atom.